The van der Waals surface area contributed by atoms with E-state index in [-0.39, 0.29) is 6.04 Å². The van der Waals surface area contributed by atoms with Crippen LogP contribution in [0.5, 0.6) is 0 Å². The molecule has 7 N–H and O–H groups in total. The van der Waals surface area contributed by atoms with Crippen molar-refractivity contribution in [2.75, 3.05) is 35.6 Å². The molecular weight excluding hydrogens is 541 g/mol. The van der Waals surface area contributed by atoms with Gasteiger partial charge in [0, 0.05) is 30.4 Å². The molecule has 0 radical (unpaired) electrons. The average Bonchev–Trinajstić information content (AvgIpc) is 3.41. The second-order valence-electron chi connectivity index (χ2n) is 11.5. The number of primary amides is 1. The van der Waals surface area contributed by atoms with Crippen LogP contribution in [-0.2, 0) is 4.79 Å². The maximum Gasteiger partial charge on any atom is 0.490 e. The molecule has 2 heterocycles. The molecule has 1 amide bonds. The van der Waals surface area contributed by atoms with E-state index in [9.17, 15) is 18.0 Å². The van der Waals surface area contributed by atoms with E-state index in [2.05, 4.69) is 50.1 Å². The van der Waals surface area contributed by atoms with Gasteiger partial charge in [-0.15, -0.1) is 0 Å². The van der Waals surface area contributed by atoms with Crippen LogP contribution < -0.4 is 27.0 Å². The summed E-state index contributed by atoms with van der Waals surface area (Å²) in [4.78, 5) is 34.5. The molecule has 1 aromatic heterocycles. The van der Waals surface area contributed by atoms with E-state index >= 15 is 0 Å². The third-order valence-electron chi connectivity index (χ3n) is 8.56. The Morgan fingerprint density at radius 3 is 2.39 bits per heavy atom. The van der Waals surface area contributed by atoms with Gasteiger partial charge in [0.1, 0.15) is 0 Å². The number of hydrogen-bond acceptors (Lipinski definition) is 9. The Morgan fingerprint density at radius 1 is 1.12 bits per heavy atom. The molecule has 41 heavy (non-hydrogen) atoms. The highest BCUT2D eigenvalue weighted by atomic mass is 19.4. The zero-order chi connectivity index (χ0) is 29.9. The van der Waals surface area contributed by atoms with E-state index in [1.807, 2.05) is 13.0 Å². The smallest absolute Gasteiger partial charge is 0.475 e. The summed E-state index contributed by atoms with van der Waals surface area (Å²) in [6, 6.07) is 5.61. The number of carboxylic acid groups (broad SMARTS) is 1. The van der Waals surface area contributed by atoms with Crippen LogP contribution in [0, 0.1) is 30.1 Å². The Labute approximate surface area is 236 Å². The van der Waals surface area contributed by atoms with Crippen LogP contribution in [0.1, 0.15) is 55.5 Å². The first kappa shape index (κ1) is 30.3. The number of hydrogen-bond donors (Lipinski definition) is 6. The molecule has 11 nitrogen and oxygen atoms in total. The van der Waals surface area contributed by atoms with Gasteiger partial charge in [0.2, 0.25) is 23.8 Å². The summed E-state index contributed by atoms with van der Waals surface area (Å²) >= 11 is 0. The molecule has 4 atom stereocenters. The second kappa shape index (κ2) is 12.0. The summed E-state index contributed by atoms with van der Waals surface area (Å²) in [5.41, 5.74) is 8.08. The predicted molar refractivity (Wildman–Crippen MR) is 148 cm³/mol. The molecule has 6 rings (SSSR count). The van der Waals surface area contributed by atoms with Gasteiger partial charge in [-0.25, -0.2) is 4.79 Å². The van der Waals surface area contributed by atoms with E-state index in [1.165, 1.54) is 19.3 Å². The largest absolute Gasteiger partial charge is 0.490 e. The summed E-state index contributed by atoms with van der Waals surface area (Å²) < 4.78 is 31.7. The maximum atomic E-state index is 11.7. The van der Waals surface area contributed by atoms with Gasteiger partial charge in [0.15, 0.2) is 0 Å². The van der Waals surface area contributed by atoms with Gasteiger partial charge in [-0.3, -0.25) is 4.79 Å². The third kappa shape index (κ3) is 7.34. The van der Waals surface area contributed by atoms with Crippen molar-refractivity contribution < 1.29 is 27.9 Å². The normalized spacial score (nSPS) is 24.3. The Bertz CT molecular complexity index is 1260. The monoisotopic (exact) mass is 578 g/mol. The van der Waals surface area contributed by atoms with Gasteiger partial charge >= 0.3 is 12.1 Å². The first-order chi connectivity index (χ1) is 19.2. The number of benzene rings is 1. The molecule has 0 unspecified atom stereocenters. The Kier molecular flexibility index (Phi) is 8.90. The Morgan fingerprint density at radius 2 is 1.80 bits per heavy atom. The van der Waals surface area contributed by atoms with Gasteiger partial charge in [0.25, 0.3) is 0 Å². The summed E-state index contributed by atoms with van der Waals surface area (Å²) in [7, 11) is 0. The van der Waals surface area contributed by atoms with Crippen LogP contribution in [0.15, 0.2) is 18.2 Å². The fourth-order valence-corrected chi connectivity index (χ4v) is 6.00. The number of aryl methyl sites for hydroxylation is 1. The molecule has 4 aliphatic rings. The molecule has 3 saturated carbocycles. The highest BCUT2D eigenvalue weighted by Gasteiger charge is 2.53. The summed E-state index contributed by atoms with van der Waals surface area (Å²) in [5, 5.41) is 20.7. The molecule has 14 heteroatoms. The van der Waals surface area contributed by atoms with E-state index in [1.54, 1.807) is 12.1 Å². The zero-order valence-electron chi connectivity index (χ0n) is 23.3. The van der Waals surface area contributed by atoms with Crippen molar-refractivity contribution in [2.45, 2.75) is 58.7 Å². The summed E-state index contributed by atoms with van der Waals surface area (Å²) in [6.45, 7) is 9.54. The first-order valence-corrected chi connectivity index (χ1v) is 13.7. The van der Waals surface area contributed by atoms with E-state index in [0.717, 1.165) is 49.1 Å². The number of carboxylic acids is 1. The molecule has 1 aromatic carbocycles. The number of anilines is 4. The van der Waals surface area contributed by atoms with Crippen molar-refractivity contribution in [1.82, 2.24) is 20.3 Å². The highest BCUT2D eigenvalue weighted by Crippen LogP contribution is 2.61. The van der Waals surface area contributed by atoms with E-state index in [4.69, 9.17) is 15.6 Å². The number of alkyl halides is 3. The standard InChI is InChI=1S/C25H36N8O.C2HF3O2/c1-14-4-5-15(21(26)34)10-20(14)30-24-32-22(31-23(33-24)29-18-8-9-27-13-18)28-12-16-6-7-17-11-19(16)25(17,2)3;3-2(4,5)1(6)7/h4-5,10,16-19,27H,6-9,11-13H2,1-3H3,(H2,26,34)(H3,28,29,30,31,32,33);(H,6,7)/t16-,17-,18+,19-;/m0./s1. The van der Waals surface area contributed by atoms with Crippen molar-refractivity contribution in [2.24, 2.45) is 28.9 Å². The molecule has 1 aliphatic heterocycles. The zero-order valence-corrected chi connectivity index (χ0v) is 23.3. The quantitative estimate of drug-likeness (QED) is 0.270. The highest BCUT2D eigenvalue weighted by molar-refractivity contribution is 5.94. The number of aliphatic carboxylic acids is 1. The van der Waals surface area contributed by atoms with Gasteiger partial charge in [-0.1, -0.05) is 19.9 Å². The molecule has 3 aliphatic carbocycles. The molecule has 1 saturated heterocycles. The molecule has 4 fully saturated rings. The number of nitrogens with two attached hydrogens (primary N) is 1. The van der Waals surface area contributed by atoms with Crippen molar-refractivity contribution >= 4 is 35.4 Å². The number of carbonyl (C=O) groups is 2. The number of halogens is 3. The SMILES string of the molecule is Cc1ccc(C(N)=O)cc1Nc1nc(NC[C@@H]2CC[C@H]3C[C@@H]2C3(C)C)nc(N[C@@H]2CCNC2)n1.O=C(O)C(F)(F)F. The molecular formula is C27H37F3N8O3. The number of rotatable bonds is 8. The van der Waals surface area contributed by atoms with Crippen LogP contribution in [0.4, 0.5) is 36.7 Å². The Hall–Kier alpha value is -3.68. The van der Waals surface area contributed by atoms with Gasteiger partial charge < -0.3 is 32.1 Å². The minimum Gasteiger partial charge on any atom is -0.475 e. The van der Waals surface area contributed by atoms with Crippen LogP contribution in [-0.4, -0.2) is 63.8 Å². The number of fused-ring (bicyclic) bond motifs is 2. The van der Waals surface area contributed by atoms with Crippen molar-refractivity contribution in [3.05, 3.63) is 29.3 Å². The van der Waals surface area contributed by atoms with E-state index < -0.39 is 18.1 Å². The lowest BCUT2D eigenvalue weighted by Gasteiger charge is -2.60. The number of amides is 1. The fraction of sp³-hybridized carbons (Fsp3) is 0.593. The topological polar surface area (TPSA) is 167 Å². The second-order valence-corrected chi connectivity index (χ2v) is 11.5. The van der Waals surface area contributed by atoms with Crippen LogP contribution in [0.3, 0.4) is 0 Å². The van der Waals surface area contributed by atoms with E-state index in [0.29, 0.717) is 34.7 Å². The van der Waals surface area contributed by atoms with Gasteiger partial charge in [-0.2, -0.15) is 28.1 Å². The van der Waals surface area contributed by atoms with Crippen LogP contribution >= 0.6 is 0 Å². The third-order valence-corrected chi connectivity index (χ3v) is 8.56. The average molecular weight is 579 g/mol. The summed E-state index contributed by atoms with van der Waals surface area (Å²) in [6.07, 6.45) is -0.131. The van der Waals surface area contributed by atoms with Gasteiger partial charge in [-0.05, 0) is 80.0 Å². The van der Waals surface area contributed by atoms with Crippen LogP contribution in [0.2, 0.25) is 0 Å². The van der Waals surface area contributed by atoms with Gasteiger partial charge in [0.05, 0.1) is 0 Å². The minimum atomic E-state index is -5.08. The van der Waals surface area contributed by atoms with Crippen molar-refractivity contribution in [3.63, 3.8) is 0 Å². The summed E-state index contributed by atoms with van der Waals surface area (Å²) in [5.74, 6) is 0.607. The lowest BCUT2D eigenvalue weighted by molar-refractivity contribution is -0.192. The predicted octanol–water partition coefficient (Wildman–Crippen LogP) is 3.91. The molecule has 2 bridgehead atoms. The number of aromatic nitrogens is 3. The number of nitrogens with zero attached hydrogens (tertiary/aromatic N) is 3. The van der Waals surface area contributed by atoms with Crippen molar-refractivity contribution in [3.8, 4) is 0 Å². The van der Waals surface area contributed by atoms with Crippen LogP contribution in [0.25, 0.3) is 0 Å². The minimum absolute atomic E-state index is 0.286. The Balaban J connectivity index is 0.000000493. The first-order valence-electron chi connectivity index (χ1n) is 13.7. The molecule has 2 aromatic rings. The maximum absolute atomic E-state index is 11.7. The molecule has 224 valence electrons. The number of nitrogens with one attached hydrogen (secondary N) is 4. The lowest BCUT2D eigenvalue weighted by Crippen LogP contribution is -2.53. The number of carbonyl (C=O) groups excluding carboxylic acids is 1. The molecule has 0 spiro atoms. The fourth-order valence-electron chi connectivity index (χ4n) is 6.00. The van der Waals surface area contributed by atoms with Crippen molar-refractivity contribution in [1.29, 1.82) is 0 Å². The lowest BCUT2D eigenvalue weighted by atomic mass is 9.45.